The molecule has 2 N–H and O–H groups in total. The minimum Gasteiger partial charge on any atom is -0.489 e. The lowest BCUT2D eigenvalue weighted by Gasteiger charge is -2.41. The number of dihydropyridines is 1. The molecule has 6 nitrogen and oxygen atoms in total. The van der Waals surface area contributed by atoms with Crippen molar-refractivity contribution < 1.29 is 18.3 Å². The van der Waals surface area contributed by atoms with Gasteiger partial charge in [0.15, 0.2) is 5.78 Å². The highest BCUT2D eigenvalue weighted by Gasteiger charge is 2.59. The van der Waals surface area contributed by atoms with Crippen LogP contribution >= 0.6 is 0 Å². The molecule has 2 aliphatic carbocycles. The van der Waals surface area contributed by atoms with E-state index in [1.807, 2.05) is 0 Å². The van der Waals surface area contributed by atoms with E-state index in [2.05, 4.69) is 10.5 Å². The van der Waals surface area contributed by atoms with Crippen LogP contribution < -0.4 is 5.32 Å². The van der Waals surface area contributed by atoms with Crippen molar-refractivity contribution in [3.05, 3.63) is 39.8 Å². The van der Waals surface area contributed by atoms with Gasteiger partial charge in [-0.15, -0.1) is 0 Å². The Balaban J connectivity index is 1.77. The number of hydrogen-bond donors (Lipinski definition) is 2. The predicted molar refractivity (Wildman–Crippen MR) is 87.2 cm³/mol. The number of hydrogen-bond acceptors (Lipinski definition) is 6. The number of rotatable bonds is 7. The molecule has 0 aromatic rings. The van der Waals surface area contributed by atoms with Crippen LogP contribution in [0.15, 0.2) is 40.1 Å². The van der Waals surface area contributed by atoms with Crippen LogP contribution in [-0.2, 0) is 9.53 Å². The molecular formula is C17H19F2N3O3. The average molecular weight is 351 g/mol. The largest absolute Gasteiger partial charge is 0.489 e. The normalized spacial score (nSPS) is 25.6. The molecule has 0 aromatic carbocycles. The molecule has 1 heterocycles. The molecular weight excluding hydrogens is 332 g/mol. The Morgan fingerprint density at radius 3 is 2.60 bits per heavy atom. The number of nitrogens with zero attached hydrogens (tertiary/aromatic N) is 1. The highest BCUT2D eigenvalue weighted by atomic mass is 19.3. The lowest BCUT2D eigenvalue weighted by atomic mass is 9.75. The van der Waals surface area contributed by atoms with Gasteiger partial charge in [0.1, 0.15) is 17.9 Å². The number of nitroso groups, excluding NO2 is 1. The third-order valence-corrected chi connectivity index (χ3v) is 4.60. The van der Waals surface area contributed by atoms with E-state index in [1.54, 1.807) is 12.2 Å². The SMILES string of the molecule is CC(=O)/C(C=N)=C1\C=CC(OCC2(N=O)CC(F)(F)C2)=C(C2CC2)N1. The predicted octanol–water partition coefficient (Wildman–Crippen LogP) is 3.21. The Kier molecular flexibility index (Phi) is 4.30. The van der Waals surface area contributed by atoms with Gasteiger partial charge in [-0.3, -0.25) is 4.79 Å². The van der Waals surface area contributed by atoms with E-state index in [9.17, 15) is 18.5 Å². The Bertz CT molecular complexity index is 713. The molecule has 0 bridgehead atoms. The number of ether oxygens (including phenoxy) is 1. The summed E-state index contributed by atoms with van der Waals surface area (Å²) in [6.45, 7) is 1.18. The van der Waals surface area contributed by atoms with E-state index in [1.165, 1.54) is 6.92 Å². The lowest BCUT2D eigenvalue weighted by Crippen LogP contribution is -2.53. The highest BCUT2D eigenvalue weighted by Crippen LogP contribution is 2.48. The summed E-state index contributed by atoms with van der Waals surface area (Å²) in [4.78, 5) is 22.6. The molecule has 8 heteroatoms. The van der Waals surface area contributed by atoms with Crippen molar-refractivity contribution in [1.82, 2.24) is 5.32 Å². The van der Waals surface area contributed by atoms with Crippen molar-refractivity contribution in [3.63, 3.8) is 0 Å². The second kappa shape index (κ2) is 6.16. The van der Waals surface area contributed by atoms with Gasteiger partial charge in [0.05, 0.1) is 17.0 Å². The topological polar surface area (TPSA) is 91.6 Å². The monoisotopic (exact) mass is 351 g/mol. The van der Waals surface area contributed by atoms with Crippen molar-refractivity contribution in [3.8, 4) is 0 Å². The van der Waals surface area contributed by atoms with Gasteiger partial charge in [0.2, 0.25) is 0 Å². The van der Waals surface area contributed by atoms with Crippen molar-refractivity contribution in [2.24, 2.45) is 11.1 Å². The molecule has 3 rings (SSSR count). The van der Waals surface area contributed by atoms with Crippen molar-refractivity contribution in [2.75, 3.05) is 6.61 Å². The molecule has 0 unspecified atom stereocenters. The first kappa shape index (κ1) is 17.4. The van der Waals surface area contributed by atoms with Gasteiger partial charge in [-0.05, 0) is 31.9 Å². The molecule has 0 spiro atoms. The van der Waals surface area contributed by atoms with Crippen molar-refractivity contribution in [1.29, 1.82) is 5.41 Å². The first-order valence-corrected chi connectivity index (χ1v) is 8.09. The Labute approximate surface area is 143 Å². The molecule has 25 heavy (non-hydrogen) atoms. The summed E-state index contributed by atoms with van der Waals surface area (Å²) in [5.41, 5.74) is 0.132. The van der Waals surface area contributed by atoms with Crippen LogP contribution in [0.25, 0.3) is 0 Å². The summed E-state index contributed by atoms with van der Waals surface area (Å²) in [7, 11) is 0. The molecule has 1 aliphatic heterocycles. The third-order valence-electron chi connectivity index (χ3n) is 4.60. The molecule has 134 valence electrons. The van der Waals surface area contributed by atoms with E-state index < -0.39 is 24.3 Å². The average Bonchev–Trinajstić information content (AvgIpc) is 3.36. The number of allylic oxidation sites excluding steroid dienone is 4. The molecule has 0 saturated heterocycles. The molecule has 0 amide bonds. The number of carbonyl (C=O) groups is 1. The number of halogens is 2. The van der Waals surface area contributed by atoms with Crippen molar-refractivity contribution in [2.45, 2.75) is 44.1 Å². The zero-order valence-electron chi connectivity index (χ0n) is 13.8. The second-order valence-electron chi connectivity index (χ2n) is 6.85. The van der Waals surface area contributed by atoms with Gasteiger partial charge in [0.25, 0.3) is 5.92 Å². The van der Waals surface area contributed by atoms with Crippen LogP contribution in [0.2, 0.25) is 0 Å². The first-order chi connectivity index (χ1) is 11.8. The summed E-state index contributed by atoms with van der Waals surface area (Å²) >= 11 is 0. The number of Topliss-reactive ketones (excluding diaryl/α,β-unsaturated/α-hetero) is 1. The van der Waals surface area contributed by atoms with E-state index in [0.29, 0.717) is 11.5 Å². The number of nitrogens with one attached hydrogen (secondary N) is 2. The Hall–Kier alpha value is -2.38. The lowest BCUT2D eigenvalue weighted by molar-refractivity contribution is -0.135. The van der Waals surface area contributed by atoms with E-state index >= 15 is 0 Å². The van der Waals surface area contributed by atoms with Gasteiger partial charge in [0, 0.05) is 25.0 Å². The van der Waals surface area contributed by atoms with E-state index in [0.717, 1.165) is 24.8 Å². The first-order valence-electron chi connectivity index (χ1n) is 8.09. The van der Waals surface area contributed by atoms with Crippen molar-refractivity contribution >= 4 is 12.0 Å². The van der Waals surface area contributed by atoms with E-state index in [4.69, 9.17) is 10.1 Å². The number of ketones is 1. The Morgan fingerprint density at radius 2 is 2.12 bits per heavy atom. The second-order valence-corrected chi connectivity index (χ2v) is 6.85. The fraction of sp³-hybridized carbons (Fsp3) is 0.529. The summed E-state index contributed by atoms with van der Waals surface area (Å²) in [6.07, 6.45) is 4.95. The maximum atomic E-state index is 13.1. The zero-order valence-corrected chi connectivity index (χ0v) is 13.8. The Morgan fingerprint density at radius 1 is 1.44 bits per heavy atom. The van der Waals surface area contributed by atoms with Crippen LogP contribution in [0.5, 0.6) is 0 Å². The maximum Gasteiger partial charge on any atom is 0.253 e. The molecule has 0 aromatic heterocycles. The molecule has 0 radical (unpaired) electrons. The standard InChI is InChI=1S/C17H19F2N3O3/c1-10(23)12(6-20)13-4-5-14(15(21-13)11-2-3-11)25-9-16(22-24)7-17(18,19)8-16/h4-6,11,20-21H,2-3,7-9H2,1H3/b13-12+,20-6?. The minimum atomic E-state index is -2.86. The van der Waals surface area contributed by atoms with Crippen LogP contribution in [0, 0.1) is 16.2 Å². The summed E-state index contributed by atoms with van der Waals surface area (Å²) in [5, 5.41) is 13.4. The fourth-order valence-corrected chi connectivity index (χ4v) is 3.14. The zero-order chi connectivity index (χ0) is 18.2. The van der Waals surface area contributed by atoms with Gasteiger partial charge >= 0.3 is 0 Å². The van der Waals surface area contributed by atoms with Gasteiger partial charge < -0.3 is 15.5 Å². The highest BCUT2D eigenvalue weighted by molar-refractivity contribution is 6.12. The van der Waals surface area contributed by atoms with Gasteiger partial charge in [-0.1, -0.05) is 5.18 Å². The summed E-state index contributed by atoms with van der Waals surface area (Å²) in [5.74, 6) is -2.39. The van der Waals surface area contributed by atoms with Crippen LogP contribution in [-0.4, -0.2) is 30.1 Å². The van der Waals surface area contributed by atoms with Gasteiger partial charge in [-0.2, -0.15) is 4.91 Å². The fourth-order valence-electron chi connectivity index (χ4n) is 3.14. The quantitative estimate of drug-likeness (QED) is 0.418. The minimum absolute atomic E-state index is 0.202. The maximum absolute atomic E-state index is 13.1. The molecule has 2 saturated carbocycles. The molecule has 2 fully saturated rings. The van der Waals surface area contributed by atoms with Gasteiger partial charge in [-0.25, -0.2) is 8.78 Å². The van der Waals surface area contributed by atoms with Crippen LogP contribution in [0.3, 0.4) is 0 Å². The van der Waals surface area contributed by atoms with Crippen LogP contribution in [0.1, 0.15) is 32.6 Å². The summed E-state index contributed by atoms with van der Waals surface area (Å²) in [6, 6.07) is 0. The number of carbonyl (C=O) groups excluding carboxylic acids is 1. The smallest absolute Gasteiger partial charge is 0.253 e. The van der Waals surface area contributed by atoms with Crippen LogP contribution in [0.4, 0.5) is 8.78 Å². The number of alkyl halides is 2. The molecule has 3 aliphatic rings. The molecule has 0 atom stereocenters. The van der Waals surface area contributed by atoms with E-state index in [-0.39, 0.29) is 23.9 Å². The third kappa shape index (κ3) is 3.52. The summed E-state index contributed by atoms with van der Waals surface area (Å²) < 4.78 is 31.9.